The van der Waals surface area contributed by atoms with Crippen LogP contribution >= 0.6 is 0 Å². The molecule has 0 radical (unpaired) electrons. The molecule has 0 amide bonds. The van der Waals surface area contributed by atoms with Gasteiger partial charge < -0.3 is 9.47 Å². The molecule has 3 aliphatic rings. The van der Waals surface area contributed by atoms with Crippen molar-refractivity contribution in [1.82, 2.24) is 0 Å². The molecule has 1 saturated carbocycles. The fourth-order valence-electron chi connectivity index (χ4n) is 2.47. The zero-order chi connectivity index (χ0) is 7.31. The first-order valence-corrected chi connectivity index (χ1v) is 4.37. The summed E-state index contributed by atoms with van der Waals surface area (Å²) in [6.07, 6.45) is 6.87. The van der Waals surface area contributed by atoms with Crippen LogP contribution in [0, 0.1) is 11.8 Å². The second-order valence-electron chi connectivity index (χ2n) is 3.62. The first kappa shape index (κ1) is 6.21. The number of ether oxygens (including phenoxy) is 2. The zero-order valence-corrected chi connectivity index (χ0v) is 6.45. The largest absolute Gasteiger partial charge is 0.347 e. The van der Waals surface area contributed by atoms with Gasteiger partial charge in [0.15, 0.2) is 5.79 Å². The highest BCUT2D eigenvalue weighted by Crippen LogP contribution is 2.51. The third kappa shape index (κ3) is 0.644. The molecule has 60 valence electrons. The fraction of sp³-hybridized carbons (Fsp3) is 0.778. The lowest BCUT2D eigenvalue weighted by Gasteiger charge is -2.33. The summed E-state index contributed by atoms with van der Waals surface area (Å²) < 4.78 is 11.3. The van der Waals surface area contributed by atoms with Crippen molar-refractivity contribution in [3.63, 3.8) is 0 Å². The zero-order valence-electron chi connectivity index (χ0n) is 6.45. The molecule has 2 aliphatic carbocycles. The van der Waals surface area contributed by atoms with Crippen LogP contribution in [0.25, 0.3) is 0 Å². The standard InChI is InChI=1S/C9H12O2/c1-2-8-7(1)3-4-9(8)10-5-6-11-9/h1-2,7-8H,3-6H2/t7-,8+/m1/s1. The van der Waals surface area contributed by atoms with Gasteiger partial charge in [-0.15, -0.1) is 0 Å². The molecule has 1 spiro atoms. The first-order chi connectivity index (χ1) is 5.41. The Labute approximate surface area is 66.2 Å². The van der Waals surface area contributed by atoms with E-state index >= 15 is 0 Å². The third-order valence-electron chi connectivity index (χ3n) is 3.14. The molecule has 11 heavy (non-hydrogen) atoms. The molecule has 3 rings (SSSR count). The molecule has 0 N–H and O–H groups in total. The Bertz CT molecular complexity index is 204. The molecular formula is C9H12O2. The van der Waals surface area contributed by atoms with Gasteiger partial charge in [-0.05, 0) is 12.3 Å². The third-order valence-corrected chi connectivity index (χ3v) is 3.14. The molecule has 0 aromatic heterocycles. The number of fused-ring (bicyclic) bond motifs is 2. The molecule has 0 aromatic rings. The summed E-state index contributed by atoms with van der Waals surface area (Å²) in [5.41, 5.74) is 0. The summed E-state index contributed by atoms with van der Waals surface area (Å²) in [4.78, 5) is 0. The van der Waals surface area contributed by atoms with Crippen LogP contribution in [-0.4, -0.2) is 19.0 Å². The number of rotatable bonds is 0. The van der Waals surface area contributed by atoms with Crippen molar-refractivity contribution in [2.24, 2.45) is 11.8 Å². The van der Waals surface area contributed by atoms with Crippen LogP contribution < -0.4 is 0 Å². The smallest absolute Gasteiger partial charge is 0.175 e. The van der Waals surface area contributed by atoms with Gasteiger partial charge in [0.2, 0.25) is 0 Å². The predicted molar refractivity (Wildman–Crippen MR) is 40.0 cm³/mol. The van der Waals surface area contributed by atoms with Crippen LogP contribution in [-0.2, 0) is 9.47 Å². The predicted octanol–water partition coefficient (Wildman–Crippen LogP) is 1.33. The van der Waals surface area contributed by atoms with E-state index < -0.39 is 0 Å². The van der Waals surface area contributed by atoms with E-state index in [-0.39, 0.29) is 5.79 Å². The van der Waals surface area contributed by atoms with Gasteiger partial charge >= 0.3 is 0 Å². The van der Waals surface area contributed by atoms with Crippen LogP contribution in [0.2, 0.25) is 0 Å². The van der Waals surface area contributed by atoms with Gasteiger partial charge in [-0.1, -0.05) is 12.2 Å². The maximum Gasteiger partial charge on any atom is 0.175 e. The van der Waals surface area contributed by atoms with Gasteiger partial charge in [0.05, 0.1) is 13.2 Å². The maximum absolute atomic E-state index is 5.66. The van der Waals surface area contributed by atoms with E-state index in [0.29, 0.717) is 5.92 Å². The van der Waals surface area contributed by atoms with Crippen LogP contribution in [0.15, 0.2) is 12.2 Å². The molecular weight excluding hydrogens is 140 g/mol. The van der Waals surface area contributed by atoms with E-state index in [1.165, 1.54) is 6.42 Å². The summed E-state index contributed by atoms with van der Waals surface area (Å²) >= 11 is 0. The Balaban J connectivity index is 1.92. The van der Waals surface area contributed by atoms with Crippen LogP contribution in [0.4, 0.5) is 0 Å². The van der Waals surface area contributed by atoms with Gasteiger partial charge in [0, 0.05) is 12.3 Å². The first-order valence-electron chi connectivity index (χ1n) is 4.37. The van der Waals surface area contributed by atoms with Crippen LogP contribution in [0.3, 0.4) is 0 Å². The second kappa shape index (κ2) is 1.87. The van der Waals surface area contributed by atoms with Crippen molar-refractivity contribution in [1.29, 1.82) is 0 Å². The lowest BCUT2D eigenvalue weighted by molar-refractivity contribution is -0.176. The Hall–Kier alpha value is -0.340. The second-order valence-corrected chi connectivity index (χ2v) is 3.62. The lowest BCUT2D eigenvalue weighted by atomic mass is 9.83. The normalized spacial score (nSPS) is 44.4. The molecule has 2 atom stereocenters. The minimum Gasteiger partial charge on any atom is -0.347 e. The topological polar surface area (TPSA) is 18.5 Å². The summed E-state index contributed by atoms with van der Waals surface area (Å²) in [6.45, 7) is 1.58. The quantitative estimate of drug-likeness (QED) is 0.487. The van der Waals surface area contributed by atoms with E-state index in [1.54, 1.807) is 0 Å². The summed E-state index contributed by atoms with van der Waals surface area (Å²) in [7, 11) is 0. The highest BCUT2D eigenvalue weighted by Gasteiger charge is 2.53. The fourth-order valence-corrected chi connectivity index (χ4v) is 2.47. The number of hydrogen-bond donors (Lipinski definition) is 0. The van der Waals surface area contributed by atoms with E-state index in [2.05, 4.69) is 12.2 Å². The molecule has 0 aromatic carbocycles. The van der Waals surface area contributed by atoms with Gasteiger partial charge in [-0.25, -0.2) is 0 Å². The molecule has 0 bridgehead atoms. The molecule has 2 nitrogen and oxygen atoms in total. The molecule has 1 saturated heterocycles. The number of hydrogen-bond acceptors (Lipinski definition) is 2. The van der Waals surface area contributed by atoms with Gasteiger partial charge in [0.1, 0.15) is 0 Å². The minimum absolute atomic E-state index is 0.181. The van der Waals surface area contributed by atoms with E-state index in [0.717, 1.165) is 25.6 Å². The average Bonchev–Trinajstić information content (AvgIpc) is 2.43. The number of allylic oxidation sites excluding steroid dienone is 1. The van der Waals surface area contributed by atoms with Crippen molar-refractivity contribution >= 4 is 0 Å². The van der Waals surface area contributed by atoms with Crippen molar-refractivity contribution in [2.75, 3.05) is 13.2 Å². The van der Waals surface area contributed by atoms with Gasteiger partial charge in [-0.2, -0.15) is 0 Å². The van der Waals surface area contributed by atoms with E-state index in [9.17, 15) is 0 Å². The van der Waals surface area contributed by atoms with Crippen molar-refractivity contribution in [3.05, 3.63) is 12.2 Å². The Morgan fingerprint density at radius 3 is 2.55 bits per heavy atom. The highest BCUT2D eigenvalue weighted by atomic mass is 16.7. The molecule has 2 fully saturated rings. The molecule has 1 aliphatic heterocycles. The van der Waals surface area contributed by atoms with E-state index in [4.69, 9.17) is 9.47 Å². The molecule has 2 heteroatoms. The summed E-state index contributed by atoms with van der Waals surface area (Å²) in [6, 6.07) is 0. The van der Waals surface area contributed by atoms with E-state index in [1.807, 2.05) is 0 Å². The monoisotopic (exact) mass is 152 g/mol. The average molecular weight is 152 g/mol. The van der Waals surface area contributed by atoms with Crippen molar-refractivity contribution < 1.29 is 9.47 Å². The Morgan fingerprint density at radius 1 is 1.18 bits per heavy atom. The SMILES string of the molecule is C1=C[C@H]2[C@H]1CCC21OCCO1. The Kier molecular flexibility index (Phi) is 1.06. The summed E-state index contributed by atoms with van der Waals surface area (Å²) in [5, 5.41) is 0. The van der Waals surface area contributed by atoms with Crippen molar-refractivity contribution in [2.45, 2.75) is 18.6 Å². The summed E-state index contributed by atoms with van der Waals surface area (Å²) in [5.74, 6) is 1.15. The lowest BCUT2D eigenvalue weighted by Crippen LogP contribution is -2.37. The van der Waals surface area contributed by atoms with Gasteiger partial charge in [0.25, 0.3) is 0 Å². The van der Waals surface area contributed by atoms with Crippen LogP contribution in [0.1, 0.15) is 12.8 Å². The van der Waals surface area contributed by atoms with Crippen molar-refractivity contribution in [3.8, 4) is 0 Å². The molecule has 0 unspecified atom stereocenters. The van der Waals surface area contributed by atoms with Crippen LogP contribution in [0.5, 0.6) is 0 Å². The molecule has 1 heterocycles. The minimum atomic E-state index is -0.181. The van der Waals surface area contributed by atoms with Gasteiger partial charge in [-0.3, -0.25) is 0 Å². The Morgan fingerprint density at radius 2 is 2.00 bits per heavy atom. The highest BCUT2D eigenvalue weighted by molar-refractivity contribution is 5.18. The maximum atomic E-state index is 5.66.